The van der Waals surface area contributed by atoms with Gasteiger partial charge in [-0.25, -0.2) is 9.18 Å². The van der Waals surface area contributed by atoms with Crippen LogP contribution in [0.5, 0.6) is 0 Å². The summed E-state index contributed by atoms with van der Waals surface area (Å²) in [6.07, 6.45) is 0.750. The number of halogens is 1. The molecule has 1 aromatic rings. The molecule has 0 saturated carbocycles. The summed E-state index contributed by atoms with van der Waals surface area (Å²) >= 11 is 0. The summed E-state index contributed by atoms with van der Waals surface area (Å²) in [5.74, 6) is -1.81. The smallest absolute Gasteiger partial charge is 0.335 e. The fourth-order valence-corrected chi connectivity index (χ4v) is 2.28. The number of aromatic carboxylic acids is 1. The zero-order valence-corrected chi connectivity index (χ0v) is 10.5. The first-order chi connectivity index (χ1) is 8.97. The van der Waals surface area contributed by atoms with Gasteiger partial charge < -0.3 is 15.3 Å². The molecule has 1 aliphatic rings. The van der Waals surface area contributed by atoms with Crippen molar-refractivity contribution in [3.05, 3.63) is 29.6 Å². The second kappa shape index (κ2) is 5.26. The molecule has 1 aliphatic heterocycles. The molecule has 2 rings (SSSR count). The molecule has 5 nitrogen and oxygen atoms in total. The largest absolute Gasteiger partial charge is 0.478 e. The van der Waals surface area contributed by atoms with Crippen molar-refractivity contribution >= 4 is 17.6 Å². The van der Waals surface area contributed by atoms with E-state index in [2.05, 4.69) is 5.32 Å². The van der Waals surface area contributed by atoms with Gasteiger partial charge in [-0.15, -0.1) is 0 Å². The van der Waals surface area contributed by atoms with Crippen molar-refractivity contribution in [1.82, 2.24) is 5.32 Å². The predicted octanol–water partition coefficient (Wildman–Crippen LogP) is 1.24. The molecule has 1 amide bonds. The SMILES string of the molecule is CC(=O)NC1CCN(c2ccc(C(=O)O)cc2F)C1. The number of carbonyl (C=O) groups excluding carboxylic acids is 1. The Hall–Kier alpha value is -2.11. The van der Waals surface area contributed by atoms with Gasteiger partial charge in [0, 0.05) is 26.1 Å². The van der Waals surface area contributed by atoms with Crippen LogP contribution in [-0.4, -0.2) is 36.1 Å². The van der Waals surface area contributed by atoms with Crippen LogP contribution in [0.1, 0.15) is 23.7 Å². The van der Waals surface area contributed by atoms with E-state index in [1.165, 1.54) is 19.1 Å². The maximum atomic E-state index is 13.9. The summed E-state index contributed by atoms with van der Waals surface area (Å²) in [6.45, 7) is 2.61. The van der Waals surface area contributed by atoms with Gasteiger partial charge >= 0.3 is 5.97 Å². The molecule has 2 N–H and O–H groups in total. The minimum Gasteiger partial charge on any atom is -0.478 e. The van der Waals surface area contributed by atoms with Gasteiger partial charge in [-0.05, 0) is 24.6 Å². The molecule has 19 heavy (non-hydrogen) atoms. The summed E-state index contributed by atoms with van der Waals surface area (Å²) in [5.41, 5.74) is 0.303. The van der Waals surface area contributed by atoms with Crippen LogP contribution in [0.3, 0.4) is 0 Å². The highest BCUT2D eigenvalue weighted by molar-refractivity contribution is 5.88. The van der Waals surface area contributed by atoms with Gasteiger partial charge in [0.1, 0.15) is 5.82 Å². The number of benzene rings is 1. The number of hydrogen-bond acceptors (Lipinski definition) is 3. The normalized spacial score (nSPS) is 18.4. The Bertz CT molecular complexity index is 519. The van der Waals surface area contributed by atoms with E-state index in [9.17, 15) is 14.0 Å². The van der Waals surface area contributed by atoms with Crippen molar-refractivity contribution in [3.8, 4) is 0 Å². The van der Waals surface area contributed by atoms with E-state index >= 15 is 0 Å². The fraction of sp³-hybridized carbons (Fsp3) is 0.385. The topological polar surface area (TPSA) is 69.6 Å². The summed E-state index contributed by atoms with van der Waals surface area (Å²) in [5, 5.41) is 11.6. The van der Waals surface area contributed by atoms with Crippen LogP contribution in [0.25, 0.3) is 0 Å². The number of carboxylic acid groups (broad SMARTS) is 1. The first kappa shape index (κ1) is 13.3. The van der Waals surface area contributed by atoms with Gasteiger partial charge in [0.25, 0.3) is 0 Å². The lowest BCUT2D eigenvalue weighted by Gasteiger charge is -2.19. The van der Waals surface area contributed by atoms with E-state index in [0.29, 0.717) is 18.8 Å². The van der Waals surface area contributed by atoms with Gasteiger partial charge in [0.05, 0.1) is 11.3 Å². The fourth-order valence-electron chi connectivity index (χ4n) is 2.28. The van der Waals surface area contributed by atoms with Crippen molar-refractivity contribution in [3.63, 3.8) is 0 Å². The molecule has 102 valence electrons. The highest BCUT2D eigenvalue weighted by atomic mass is 19.1. The molecule has 1 heterocycles. The Labute approximate surface area is 110 Å². The summed E-state index contributed by atoms with van der Waals surface area (Å²) < 4.78 is 13.9. The van der Waals surface area contributed by atoms with E-state index in [1.807, 2.05) is 4.90 Å². The molecular formula is C13H15FN2O3. The Balaban J connectivity index is 2.11. The summed E-state index contributed by atoms with van der Waals surface area (Å²) in [6, 6.07) is 3.88. The van der Waals surface area contributed by atoms with Gasteiger partial charge in [-0.3, -0.25) is 4.79 Å². The maximum absolute atomic E-state index is 13.9. The summed E-state index contributed by atoms with van der Waals surface area (Å²) in [4.78, 5) is 23.5. The quantitative estimate of drug-likeness (QED) is 0.863. The van der Waals surface area contributed by atoms with Crippen molar-refractivity contribution in [2.24, 2.45) is 0 Å². The average molecular weight is 266 g/mol. The minimum atomic E-state index is -1.15. The van der Waals surface area contributed by atoms with Crippen LogP contribution < -0.4 is 10.2 Å². The lowest BCUT2D eigenvalue weighted by atomic mass is 10.2. The number of amides is 1. The molecule has 1 atom stereocenters. The number of anilines is 1. The van der Waals surface area contributed by atoms with E-state index < -0.39 is 11.8 Å². The molecule has 1 saturated heterocycles. The zero-order chi connectivity index (χ0) is 14.0. The Morgan fingerprint density at radius 2 is 2.21 bits per heavy atom. The van der Waals surface area contributed by atoms with Crippen LogP contribution in [0.15, 0.2) is 18.2 Å². The van der Waals surface area contributed by atoms with Crippen LogP contribution in [0, 0.1) is 5.82 Å². The van der Waals surface area contributed by atoms with Crippen molar-refractivity contribution in [2.75, 3.05) is 18.0 Å². The first-order valence-corrected chi connectivity index (χ1v) is 6.02. The minimum absolute atomic E-state index is 0.0102. The number of rotatable bonds is 3. The van der Waals surface area contributed by atoms with E-state index in [0.717, 1.165) is 12.5 Å². The second-order valence-electron chi connectivity index (χ2n) is 4.60. The highest BCUT2D eigenvalue weighted by Gasteiger charge is 2.25. The molecule has 1 unspecified atom stereocenters. The average Bonchev–Trinajstić information content (AvgIpc) is 2.76. The lowest BCUT2D eigenvalue weighted by Crippen LogP contribution is -2.35. The number of carbonyl (C=O) groups is 2. The molecule has 0 radical (unpaired) electrons. The summed E-state index contributed by atoms with van der Waals surface area (Å²) in [7, 11) is 0. The molecule has 0 aromatic heterocycles. The van der Waals surface area contributed by atoms with Crippen LogP contribution in [0.4, 0.5) is 10.1 Å². The van der Waals surface area contributed by atoms with Gasteiger partial charge in [0.15, 0.2) is 0 Å². The van der Waals surface area contributed by atoms with Crippen LogP contribution >= 0.6 is 0 Å². The molecule has 0 bridgehead atoms. The Kier molecular flexibility index (Phi) is 3.69. The molecule has 0 aliphatic carbocycles. The standard InChI is InChI=1S/C13H15FN2O3/c1-8(17)15-10-4-5-16(7-10)12-3-2-9(13(18)19)6-11(12)14/h2-3,6,10H,4-5,7H2,1H3,(H,15,17)(H,18,19). The molecule has 1 aromatic carbocycles. The zero-order valence-electron chi connectivity index (χ0n) is 10.5. The third-order valence-electron chi connectivity index (χ3n) is 3.13. The van der Waals surface area contributed by atoms with Gasteiger partial charge in [-0.2, -0.15) is 0 Å². The van der Waals surface area contributed by atoms with Crippen molar-refractivity contribution < 1.29 is 19.1 Å². The van der Waals surface area contributed by atoms with Crippen molar-refractivity contribution in [1.29, 1.82) is 0 Å². The monoisotopic (exact) mass is 266 g/mol. The predicted molar refractivity (Wildman–Crippen MR) is 67.8 cm³/mol. The highest BCUT2D eigenvalue weighted by Crippen LogP contribution is 2.24. The van der Waals surface area contributed by atoms with Gasteiger partial charge in [-0.1, -0.05) is 0 Å². The van der Waals surface area contributed by atoms with E-state index in [1.54, 1.807) is 0 Å². The number of carboxylic acids is 1. The Morgan fingerprint density at radius 1 is 1.47 bits per heavy atom. The number of nitrogens with zero attached hydrogens (tertiary/aromatic N) is 1. The lowest BCUT2D eigenvalue weighted by molar-refractivity contribution is -0.119. The third kappa shape index (κ3) is 3.01. The molecule has 0 spiro atoms. The molecular weight excluding hydrogens is 251 g/mol. The van der Waals surface area contributed by atoms with Crippen LogP contribution in [-0.2, 0) is 4.79 Å². The van der Waals surface area contributed by atoms with Crippen molar-refractivity contribution in [2.45, 2.75) is 19.4 Å². The third-order valence-corrected chi connectivity index (χ3v) is 3.13. The second-order valence-corrected chi connectivity index (χ2v) is 4.60. The number of hydrogen-bond donors (Lipinski definition) is 2. The maximum Gasteiger partial charge on any atom is 0.335 e. The first-order valence-electron chi connectivity index (χ1n) is 6.02. The van der Waals surface area contributed by atoms with E-state index in [4.69, 9.17) is 5.11 Å². The Morgan fingerprint density at radius 3 is 2.79 bits per heavy atom. The van der Waals surface area contributed by atoms with E-state index in [-0.39, 0.29) is 17.5 Å². The molecule has 6 heteroatoms. The molecule has 1 fully saturated rings. The van der Waals surface area contributed by atoms with Crippen LogP contribution in [0.2, 0.25) is 0 Å². The number of nitrogens with one attached hydrogen (secondary N) is 1. The van der Waals surface area contributed by atoms with Gasteiger partial charge in [0.2, 0.25) is 5.91 Å².